The average molecular weight is 392 g/mol. The molecular formula is C23H29N5O. The molecule has 0 radical (unpaired) electrons. The first-order valence-corrected chi connectivity index (χ1v) is 10.4. The number of rotatable bonds is 5. The predicted octanol–water partition coefficient (Wildman–Crippen LogP) is 3.43. The van der Waals surface area contributed by atoms with Gasteiger partial charge in [0.15, 0.2) is 0 Å². The van der Waals surface area contributed by atoms with Crippen molar-refractivity contribution < 1.29 is 4.79 Å². The minimum Gasteiger partial charge on any atom is -0.368 e. The lowest BCUT2D eigenvalue weighted by atomic mass is 10.0. The summed E-state index contributed by atoms with van der Waals surface area (Å²) >= 11 is 0. The molecule has 6 nitrogen and oxygen atoms in total. The highest BCUT2D eigenvalue weighted by atomic mass is 16.2. The smallest absolute Gasteiger partial charge is 0.315 e. The molecule has 29 heavy (non-hydrogen) atoms. The van der Waals surface area contributed by atoms with Gasteiger partial charge in [-0.1, -0.05) is 37.3 Å². The summed E-state index contributed by atoms with van der Waals surface area (Å²) in [5.41, 5.74) is 10.4. The highest BCUT2D eigenvalue weighted by molar-refractivity contribution is 5.85. The van der Waals surface area contributed by atoms with E-state index in [2.05, 4.69) is 53.8 Å². The third kappa shape index (κ3) is 3.79. The molecule has 1 saturated heterocycles. The molecule has 152 valence electrons. The standard InChI is InChI=1S/C23H29N5O/c1-3-21-20-11-10-18(15-22(20)28(4-2)25-21)26-12-13-27(23(24)29)19(16-26)14-17-8-6-5-7-9-17/h5-11,15,19H,3-4,12-14,16H2,1-2H3,(H2,24,29). The third-order valence-electron chi connectivity index (χ3n) is 5.89. The van der Waals surface area contributed by atoms with Gasteiger partial charge in [0.1, 0.15) is 0 Å². The van der Waals surface area contributed by atoms with Crippen LogP contribution in [0.25, 0.3) is 10.9 Å². The lowest BCUT2D eigenvalue weighted by Crippen LogP contribution is -2.57. The van der Waals surface area contributed by atoms with Crippen molar-refractivity contribution >= 4 is 22.6 Å². The van der Waals surface area contributed by atoms with E-state index in [0.29, 0.717) is 6.54 Å². The first kappa shape index (κ1) is 19.3. The van der Waals surface area contributed by atoms with Crippen molar-refractivity contribution in [3.8, 4) is 0 Å². The Morgan fingerprint density at radius 3 is 2.62 bits per heavy atom. The molecule has 0 spiro atoms. The number of urea groups is 1. The van der Waals surface area contributed by atoms with Crippen molar-refractivity contribution in [3.63, 3.8) is 0 Å². The maximum Gasteiger partial charge on any atom is 0.315 e. The maximum atomic E-state index is 12.0. The Kier molecular flexibility index (Phi) is 5.43. The second-order valence-electron chi connectivity index (χ2n) is 7.64. The molecular weight excluding hydrogens is 362 g/mol. The Hall–Kier alpha value is -3.02. The van der Waals surface area contributed by atoms with Gasteiger partial charge in [0.25, 0.3) is 0 Å². The molecule has 2 aromatic carbocycles. The third-order valence-corrected chi connectivity index (χ3v) is 5.89. The molecule has 1 fully saturated rings. The molecule has 1 unspecified atom stereocenters. The summed E-state index contributed by atoms with van der Waals surface area (Å²) in [5.74, 6) is 0. The molecule has 2 heterocycles. The highest BCUT2D eigenvalue weighted by Crippen LogP contribution is 2.27. The molecule has 0 bridgehead atoms. The molecule has 0 saturated carbocycles. The van der Waals surface area contributed by atoms with E-state index in [1.807, 2.05) is 23.1 Å². The minimum absolute atomic E-state index is 0.0571. The van der Waals surface area contributed by atoms with Crippen LogP contribution in [0.2, 0.25) is 0 Å². The first-order chi connectivity index (χ1) is 14.1. The predicted molar refractivity (Wildman–Crippen MR) is 117 cm³/mol. The lowest BCUT2D eigenvalue weighted by Gasteiger charge is -2.42. The summed E-state index contributed by atoms with van der Waals surface area (Å²) in [5, 5.41) is 5.98. The van der Waals surface area contributed by atoms with Gasteiger partial charge in [-0.2, -0.15) is 5.10 Å². The number of primary amides is 1. The van der Waals surface area contributed by atoms with Gasteiger partial charge < -0.3 is 15.5 Å². The largest absolute Gasteiger partial charge is 0.368 e. The van der Waals surface area contributed by atoms with Crippen molar-refractivity contribution in [1.82, 2.24) is 14.7 Å². The van der Waals surface area contributed by atoms with E-state index in [1.54, 1.807) is 0 Å². The summed E-state index contributed by atoms with van der Waals surface area (Å²) in [7, 11) is 0. The lowest BCUT2D eigenvalue weighted by molar-refractivity contribution is 0.174. The Bertz CT molecular complexity index is 997. The maximum absolute atomic E-state index is 12.0. The van der Waals surface area contributed by atoms with Crippen LogP contribution in [0, 0.1) is 0 Å². The van der Waals surface area contributed by atoms with Crippen LogP contribution in [0.15, 0.2) is 48.5 Å². The van der Waals surface area contributed by atoms with E-state index >= 15 is 0 Å². The van der Waals surface area contributed by atoms with E-state index in [-0.39, 0.29) is 12.1 Å². The van der Waals surface area contributed by atoms with Gasteiger partial charge in [-0.15, -0.1) is 0 Å². The molecule has 4 rings (SSSR count). The molecule has 1 aromatic heterocycles. The van der Waals surface area contributed by atoms with Crippen molar-refractivity contribution in [3.05, 3.63) is 59.8 Å². The SMILES string of the molecule is CCc1nn(CC)c2cc(N3CCN(C(N)=O)C(Cc4ccccc4)C3)ccc12. The molecule has 6 heteroatoms. The summed E-state index contributed by atoms with van der Waals surface area (Å²) in [6, 6.07) is 16.6. The Balaban J connectivity index is 1.62. The van der Waals surface area contributed by atoms with Crippen molar-refractivity contribution in [2.24, 2.45) is 5.73 Å². The number of hydrogen-bond donors (Lipinski definition) is 1. The van der Waals surface area contributed by atoms with Crippen molar-refractivity contribution in [2.75, 3.05) is 24.5 Å². The normalized spacial score (nSPS) is 17.1. The van der Waals surface area contributed by atoms with Gasteiger partial charge in [0, 0.05) is 37.3 Å². The van der Waals surface area contributed by atoms with Crippen LogP contribution < -0.4 is 10.6 Å². The van der Waals surface area contributed by atoms with E-state index in [9.17, 15) is 4.79 Å². The topological polar surface area (TPSA) is 67.4 Å². The number of benzene rings is 2. The Morgan fingerprint density at radius 1 is 1.14 bits per heavy atom. The quantitative estimate of drug-likeness (QED) is 0.725. The second-order valence-corrected chi connectivity index (χ2v) is 7.64. The number of nitrogens with zero attached hydrogens (tertiary/aromatic N) is 4. The summed E-state index contributed by atoms with van der Waals surface area (Å²) in [6.45, 7) is 7.31. The van der Waals surface area contributed by atoms with E-state index in [4.69, 9.17) is 10.8 Å². The number of nitrogens with two attached hydrogens (primary N) is 1. The average Bonchev–Trinajstić information content (AvgIpc) is 3.11. The zero-order valence-electron chi connectivity index (χ0n) is 17.2. The van der Waals surface area contributed by atoms with Crippen molar-refractivity contribution in [1.29, 1.82) is 0 Å². The van der Waals surface area contributed by atoms with Gasteiger partial charge in [0.2, 0.25) is 0 Å². The van der Waals surface area contributed by atoms with Crippen LogP contribution in [0.5, 0.6) is 0 Å². The Labute approximate surface area is 171 Å². The van der Waals surface area contributed by atoms with Crippen LogP contribution in [-0.2, 0) is 19.4 Å². The number of piperazine rings is 1. The van der Waals surface area contributed by atoms with Crippen LogP contribution in [0.1, 0.15) is 25.1 Å². The van der Waals surface area contributed by atoms with Gasteiger partial charge >= 0.3 is 6.03 Å². The molecule has 1 atom stereocenters. The van der Waals surface area contributed by atoms with Crippen LogP contribution in [-0.4, -0.2) is 46.4 Å². The van der Waals surface area contributed by atoms with E-state index < -0.39 is 0 Å². The second kappa shape index (κ2) is 8.15. The van der Waals surface area contributed by atoms with E-state index in [0.717, 1.165) is 38.2 Å². The fourth-order valence-corrected chi connectivity index (χ4v) is 4.37. The van der Waals surface area contributed by atoms with E-state index in [1.165, 1.54) is 22.2 Å². The van der Waals surface area contributed by atoms with Crippen LogP contribution in [0.3, 0.4) is 0 Å². The molecule has 0 aliphatic carbocycles. The molecule has 2 amide bonds. The molecule has 3 aromatic rings. The van der Waals surface area contributed by atoms with Gasteiger partial charge in [-0.05, 0) is 43.5 Å². The minimum atomic E-state index is -0.335. The number of anilines is 1. The number of fused-ring (bicyclic) bond motifs is 1. The number of carbonyl (C=O) groups excluding carboxylic acids is 1. The monoisotopic (exact) mass is 391 g/mol. The fraction of sp³-hybridized carbons (Fsp3) is 0.391. The fourth-order valence-electron chi connectivity index (χ4n) is 4.37. The van der Waals surface area contributed by atoms with Crippen LogP contribution >= 0.6 is 0 Å². The number of aromatic nitrogens is 2. The summed E-state index contributed by atoms with van der Waals surface area (Å²) in [4.78, 5) is 16.2. The van der Waals surface area contributed by atoms with Crippen molar-refractivity contribution in [2.45, 2.75) is 39.3 Å². The number of carbonyl (C=O) groups is 1. The first-order valence-electron chi connectivity index (χ1n) is 10.4. The summed E-state index contributed by atoms with van der Waals surface area (Å²) < 4.78 is 2.08. The zero-order chi connectivity index (χ0) is 20.4. The Morgan fingerprint density at radius 2 is 1.93 bits per heavy atom. The summed E-state index contributed by atoms with van der Waals surface area (Å²) in [6.07, 6.45) is 1.73. The zero-order valence-corrected chi connectivity index (χ0v) is 17.2. The van der Waals surface area contributed by atoms with Gasteiger partial charge in [-0.3, -0.25) is 4.68 Å². The molecule has 2 N–H and O–H groups in total. The molecule has 1 aliphatic heterocycles. The highest BCUT2D eigenvalue weighted by Gasteiger charge is 2.29. The number of aryl methyl sites for hydroxylation is 2. The van der Waals surface area contributed by atoms with Crippen LogP contribution in [0.4, 0.5) is 10.5 Å². The van der Waals surface area contributed by atoms with Gasteiger partial charge in [0.05, 0.1) is 17.3 Å². The molecule has 1 aliphatic rings. The number of amides is 2. The van der Waals surface area contributed by atoms with Gasteiger partial charge in [-0.25, -0.2) is 4.79 Å². The number of hydrogen-bond acceptors (Lipinski definition) is 3.